The van der Waals surface area contributed by atoms with Gasteiger partial charge in [0, 0.05) is 23.6 Å². The smallest absolute Gasteiger partial charge is 0.409 e. The molecule has 0 aliphatic carbocycles. The van der Waals surface area contributed by atoms with Crippen LogP contribution in [0.1, 0.15) is 20.8 Å². The van der Waals surface area contributed by atoms with Crippen LogP contribution in [0.3, 0.4) is 0 Å². The highest BCUT2D eigenvalue weighted by Crippen LogP contribution is 2.29. The van der Waals surface area contributed by atoms with E-state index >= 15 is 0 Å². The van der Waals surface area contributed by atoms with Crippen LogP contribution < -0.4 is 0 Å². The van der Waals surface area contributed by atoms with Crippen LogP contribution in [0.25, 0.3) is 0 Å². The monoisotopic (exact) mass is 203 g/mol. The van der Waals surface area contributed by atoms with Gasteiger partial charge in [0.25, 0.3) is 0 Å². The fourth-order valence-electron chi connectivity index (χ4n) is 1.39. The summed E-state index contributed by atoms with van der Waals surface area (Å²) in [5.41, 5.74) is 0. The van der Waals surface area contributed by atoms with Gasteiger partial charge in [0.2, 0.25) is 0 Å². The molecule has 0 N–H and O–H groups in total. The van der Waals surface area contributed by atoms with Crippen molar-refractivity contribution in [1.82, 2.24) is 4.90 Å². The molecule has 0 bridgehead atoms. The molecule has 1 amide bonds. The number of carbonyl (C=O) groups excluding carboxylic acids is 1. The van der Waals surface area contributed by atoms with Gasteiger partial charge in [-0.1, -0.05) is 0 Å². The van der Waals surface area contributed by atoms with Crippen molar-refractivity contribution in [3.8, 4) is 0 Å². The lowest BCUT2D eigenvalue weighted by atomic mass is 10.2. The third kappa shape index (κ3) is 3.10. The molecular weight excluding hydrogens is 186 g/mol. The summed E-state index contributed by atoms with van der Waals surface area (Å²) in [7, 11) is 0. The van der Waals surface area contributed by atoms with E-state index < -0.39 is 0 Å². The van der Waals surface area contributed by atoms with Gasteiger partial charge in [0.05, 0.1) is 6.61 Å². The Morgan fingerprint density at radius 1 is 1.62 bits per heavy atom. The molecule has 0 atom stereocenters. The van der Waals surface area contributed by atoms with Crippen LogP contribution in [-0.4, -0.2) is 41.2 Å². The summed E-state index contributed by atoms with van der Waals surface area (Å²) in [6.07, 6.45) is -0.170. The summed E-state index contributed by atoms with van der Waals surface area (Å²) < 4.78 is 5.12. The summed E-state index contributed by atoms with van der Waals surface area (Å²) >= 11 is 1.91. The predicted octanol–water partition coefficient (Wildman–Crippen LogP) is 1.97. The van der Waals surface area contributed by atoms with Crippen molar-refractivity contribution in [1.29, 1.82) is 0 Å². The highest BCUT2D eigenvalue weighted by molar-refractivity contribution is 8.00. The van der Waals surface area contributed by atoms with Gasteiger partial charge >= 0.3 is 6.09 Å². The van der Waals surface area contributed by atoms with Crippen LogP contribution in [0.4, 0.5) is 4.79 Å². The van der Waals surface area contributed by atoms with E-state index in [0.717, 1.165) is 18.8 Å². The molecule has 4 heteroatoms. The number of carbonyl (C=O) groups is 1. The Morgan fingerprint density at radius 3 is 2.85 bits per heavy atom. The molecule has 0 aromatic carbocycles. The molecule has 1 rings (SSSR count). The first-order chi connectivity index (χ1) is 6.05. The number of hydrogen-bond donors (Lipinski definition) is 0. The van der Waals surface area contributed by atoms with E-state index in [-0.39, 0.29) is 10.8 Å². The minimum atomic E-state index is -0.170. The number of ether oxygens (including phenoxy) is 1. The highest BCUT2D eigenvalue weighted by atomic mass is 32.2. The van der Waals surface area contributed by atoms with Gasteiger partial charge < -0.3 is 9.64 Å². The lowest BCUT2D eigenvalue weighted by molar-refractivity contribution is 0.105. The van der Waals surface area contributed by atoms with Crippen molar-refractivity contribution in [2.24, 2.45) is 0 Å². The standard InChI is InChI=1S/C9H17NO2S/c1-4-12-8(11)10-5-6-13-9(2,3)7-10/h4-7H2,1-3H3. The molecule has 0 radical (unpaired) electrons. The van der Waals surface area contributed by atoms with E-state index in [9.17, 15) is 4.79 Å². The van der Waals surface area contributed by atoms with Crippen molar-refractivity contribution in [3.05, 3.63) is 0 Å². The molecule has 0 aromatic heterocycles. The van der Waals surface area contributed by atoms with Crippen molar-refractivity contribution in [2.45, 2.75) is 25.5 Å². The molecule has 0 unspecified atom stereocenters. The first-order valence-electron chi connectivity index (χ1n) is 4.61. The van der Waals surface area contributed by atoms with Gasteiger partial charge in [0.15, 0.2) is 0 Å². The molecule has 13 heavy (non-hydrogen) atoms. The summed E-state index contributed by atoms with van der Waals surface area (Å²) in [4.78, 5) is 13.2. The zero-order valence-corrected chi connectivity index (χ0v) is 9.32. The first-order valence-corrected chi connectivity index (χ1v) is 5.59. The maximum Gasteiger partial charge on any atom is 0.409 e. The van der Waals surface area contributed by atoms with Crippen LogP contribution in [0.15, 0.2) is 0 Å². The zero-order valence-electron chi connectivity index (χ0n) is 8.50. The number of thioether (sulfide) groups is 1. The molecule has 0 aromatic rings. The van der Waals surface area contributed by atoms with E-state index in [1.54, 1.807) is 4.90 Å². The van der Waals surface area contributed by atoms with E-state index in [1.165, 1.54) is 0 Å². The van der Waals surface area contributed by atoms with Gasteiger partial charge in [-0.05, 0) is 20.8 Å². The average molecular weight is 203 g/mol. The van der Waals surface area contributed by atoms with Crippen LogP contribution in [0.2, 0.25) is 0 Å². The average Bonchev–Trinajstić information content (AvgIpc) is 2.03. The largest absolute Gasteiger partial charge is 0.450 e. The molecule has 1 aliphatic rings. The lowest BCUT2D eigenvalue weighted by Gasteiger charge is -2.36. The third-order valence-corrected chi connectivity index (χ3v) is 3.25. The maximum atomic E-state index is 11.4. The van der Waals surface area contributed by atoms with Crippen LogP contribution in [0.5, 0.6) is 0 Å². The van der Waals surface area contributed by atoms with Gasteiger partial charge in [-0.25, -0.2) is 4.79 Å². The van der Waals surface area contributed by atoms with E-state index in [1.807, 2.05) is 18.7 Å². The summed E-state index contributed by atoms with van der Waals surface area (Å²) in [6, 6.07) is 0. The summed E-state index contributed by atoms with van der Waals surface area (Å²) in [6.45, 7) is 8.21. The van der Waals surface area contributed by atoms with E-state index in [2.05, 4.69) is 13.8 Å². The number of rotatable bonds is 1. The fraction of sp³-hybridized carbons (Fsp3) is 0.889. The van der Waals surface area contributed by atoms with Crippen LogP contribution in [-0.2, 0) is 4.74 Å². The lowest BCUT2D eigenvalue weighted by Crippen LogP contribution is -2.46. The molecular formula is C9H17NO2S. The first kappa shape index (κ1) is 10.7. The Morgan fingerprint density at radius 2 is 2.31 bits per heavy atom. The Balaban J connectivity index is 2.47. The summed E-state index contributed by atoms with van der Waals surface area (Å²) in [5, 5.41) is 0. The van der Waals surface area contributed by atoms with Gasteiger partial charge in [-0.15, -0.1) is 0 Å². The normalized spacial score (nSPS) is 21.3. The third-order valence-electron chi connectivity index (χ3n) is 1.95. The quantitative estimate of drug-likeness (QED) is 0.652. The topological polar surface area (TPSA) is 29.5 Å². The Hall–Kier alpha value is -0.380. The number of hydrogen-bond acceptors (Lipinski definition) is 3. The second-order valence-electron chi connectivity index (χ2n) is 3.73. The van der Waals surface area contributed by atoms with Gasteiger partial charge in [-0.3, -0.25) is 0 Å². The van der Waals surface area contributed by atoms with Crippen molar-refractivity contribution >= 4 is 17.9 Å². The molecule has 76 valence electrons. The Kier molecular flexibility index (Phi) is 3.47. The predicted molar refractivity (Wildman–Crippen MR) is 55.1 cm³/mol. The molecule has 0 saturated carbocycles. The maximum absolute atomic E-state index is 11.4. The minimum Gasteiger partial charge on any atom is -0.450 e. The van der Waals surface area contributed by atoms with Crippen LogP contribution >= 0.6 is 11.8 Å². The fourth-order valence-corrected chi connectivity index (χ4v) is 2.50. The Bertz CT molecular complexity index is 194. The van der Waals surface area contributed by atoms with Gasteiger partial charge in [-0.2, -0.15) is 11.8 Å². The number of amides is 1. The second kappa shape index (κ2) is 4.22. The molecule has 3 nitrogen and oxygen atoms in total. The Labute approximate surface area is 83.8 Å². The minimum absolute atomic E-state index is 0.170. The molecule has 1 aliphatic heterocycles. The molecule has 1 heterocycles. The van der Waals surface area contributed by atoms with Crippen molar-refractivity contribution in [3.63, 3.8) is 0 Å². The zero-order chi connectivity index (χ0) is 9.90. The van der Waals surface area contributed by atoms with Crippen molar-refractivity contribution in [2.75, 3.05) is 25.4 Å². The van der Waals surface area contributed by atoms with Gasteiger partial charge in [0.1, 0.15) is 0 Å². The SMILES string of the molecule is CCOC(=O)N1CCSC(C)(C)C1. The second-order valence-corrected chi connectivity index (χ2v) is 5.53. The van der Waals surface area contributed by atoms with E-state index in [0.29, 0.717) is 6.61 Å². The number of nitrogens with zero attached hydrogens (tertiary/aromatic N) is 1. The van der Waals surface area contributed by atoms with Crippen molar-refractivity contribution < 1.29 is 9.53 Å². The van der Waals surface area contributed by atoms with E-state index in [4.69, 9.17) is 4.74 Å². The molecule has 1 fully saturated rings. The molecule has 1 saturated heterocycles. The van der Waals surface area contributed by atoms with Crippen LogP contribution in [0, 0.1) is 0 Å². The molecule has 0 spiro atoms. The highest BCUT2D eigenvalue weighted by Gasteiger charge is 2.30. The summed E-state index contributed by atoms with van der Waals surface area (Å²) in [5.74, 6) is 1.01.